The fraction of sp³-hybridized carbons (Fsp3) is 0.650. The normalized spacial score (nSPS) is 22.2. The maximum Gasteiger partial charge on any atom is 0.251 e. The maximum absolute atomic E-state index is 12.6. The molecule has 132 valence electrons. The van der Waals surface area contributed by atoms with Gasteiger partial charge in [0, 0.05) is 17.6 Å². The Bertz CT molecular complexity index is 558. The summed E-state index contributed by atoms with van der Waals surface area (Å²) in [4.78, 5) is 17.7. The van der Waals surface area contributed by atoms with Crippen LogP contribution in [0.25, 0.3) is 0 Å². The third kappa shape index (κ3) is 3.98. The van der Waals surface area contributed by atoms with Crippen LogP contribution in [-0.2, 0) is 0 Å². The Hall–Kier alpha value is -1.39. The SMILES string of the molecule is Cc1cccc(C(=O)NCC2(N3CCCCC3)CCN(C)CC2)c1. The molecule has 0 radical (unpaired) electrons. The molecule has 3 rings (SSSR count). The molecule has 1 amide bonds. The lowest BCUT2D eigenvalue weighted by Crippen LogP contribution is -2.61. The minimum atomic E-state index is 0.0639. The van der Waals surface area contributed by atoms with E-state index in [1.54, 1.807) is 0 Å². The fourth-order valence-corrected chi connectivity index (χ4v) is 4.14. The molecule has 1 N–H and O–H groups in total. The Morgan fingerprint density at radius 3 is 2.50 bits per heavy atom. The van der Waals surface area contributed by atoms with Crippen LogP contribution in [0.3, 0.4) is 0 Å². The van der Waals surface area contributed by atoms with Crippen LogP contribution in [0.5, 0.6) is 0 Å². The van der Waals surface area contributed by atoms with Crippen LogP contribution in [0, 0.1) is 6.92 Å². The van der Waals surface area contributed by atoms with E-state index in [1.165, 1.54) is 32.4 Å². The van der Waals surface area contributed by atoms with E-state index in [1.807, 2.05) is 31.2 Å². The van der Waals surface area contributed by atoms with Crippen molar-refractivity contribution >= 4 is 5.91 Å². The first-order chi connectivity index (χ1) is 11.6. The van der Waals surface area contributed by atoms with Gasteiger partial charge in [-0.2, -0.15) is 0 Å². The highest BCUT2D eigenvalue weighted by molar-refractivity contribution is 5.94. The van der Waals surface area contributed by atoms with E-state index in [0.29, 0.717) is 0 Å². The van der Waals surface area contributed by atoms with Crippen molar-refractivity contribution in [3.8, 4) is 0 Å². The summed E-state index contributed by atoms with van der Waals surface area (Å²) in [5.41, 5.74) is 2.05. The van der Waals surface area contributed by atoms with E-state index in [0.717, 1.165) is 43.6 Å². The van der Waals surface area contributed by atoms with E-state index >= 15 is 0 Å². The van der Waals surface area contributed by atoms with Crippen LogP contribution in [0.15, 0.2) is 24.3 Å². The molecule has 0 spiro atoms. The molecule has 2 fully saturated rings. The number of nitrogens with zero attached hydrogens (tertiary/aromatic N) is 2. The van der Waals surface area contributed by atoms with Gasteiger partial charge in [-0.3, -0.25) is 9.69 Å². The van der Waals surface area contributed by atoms with E-state index in [9.17, 15) is 4.79 Å². The van der Waals surface area contributed by atoms with Gasteiger partial charge in [0.05, 0.1) is 0 Å². The first kappa shape index (κ1) is 17.4. The quantitative estimate of drug-likeness (QED) is 0.922. The molecular weight excluding hydrogens is 298 g/mol. The lowest BCUT2D eigenvalue weighted by Gasteiger charge is -2.50. The van der Waals surface area contributed by atoms with Gasteiger partial charge < -0.3 is 10.2 Å². The highest BCUT2D eigenvalue weighted by atomic mass is 16.1. The molecular formula is C20H31N3O. The van der Waals surface area contributed by atoms with Gasteiger partial charge in [0.2, 0.25) is 0 Å². The number of likely N-dealkylation sites (tertiary alicyclic amines) is 2. The molecule has 4 nitrogen and oxygen atoms in total. The van der Waals surface area contributed by atoms with Gasteiger partial charge in [-0.15, -0.1) is 0 Å². The predicted octanol–water partition coefficient (Wildman–Crippen LogP) is 2.68. The second-order valence-electron chi connectivity index (χ2n) is 7.63. The third-order valence-corrected chi connectivity index (χ3v) is 5.80. The zero-order valence-corrected chi connectivity index (χ0v) is 15.2. The van der Waals surface area contributed by atoms with Crippen molar-refractivity contribution in [2.75, 3.05) is 39.8 Å². The largest absolute Gasteiger partial charge is 0.350 e. The van der Waals surface area contributed by atoms with Crippen molar-refractivity contribution in [1.29, 1.82) is 0 Å². The molecule has 0 bridgehead atoms. The summed E-state index contributed by atoms with van der Waals surface area (Å²) in [6.07, 6.45) is 6.24. The molecule has 2 heterocycles. The Kier molecular flexibility index (Phi) is 5.57. The molecule has 0 atom stereocenters. The Morgan fingerprint density at radius 1 is 1.12 bits per heavy atom. The summed E-state index contributed by atoms with van der Waals surface area (Å²) in [5.74, 6) is 0.0639. The summed E-state index contributed by atoms with van der Waals surface area (Å²) >= 11 is 0. The fourth-order valence-electron chi connectivity index (χ4n) is 4.14. The minimum Gasteiger partial charge on any atom is -0.350 e. The lowest BCUT2D eigenvalue weighted by molar-refractivity contribution is 0.0145. The third-order valence-electron chi connectivity index (χ3n) is 5.80. The first-order valence-corrected chi connectivity index (χ1v) is 9.38. The standard InChI is InChI=1S/C20H31N3O/c1-17-7-6-8-18(15-17)19(24)21-16-20(9-13-22(2)14-10-20)23-11-4-3-5-12-23/h6-8,15H,3-5,9-14,16H2,1-2H3,(H,21,24). The number of hydrogen-bond acceptors (Lipinski definition) is 3. The average Bonchev–Trinajstić information content (AvgIpc) is 2.62. The highest BCUT2D eigenvalue weighted by Crippen LogP contribution is 2.31. The number of amides is 1. The first-order valence-electron chi connectivity index (χ1n) is 9.38. The zero-order chi connectivity index (χ0) is 17.0. The van der Waals surface area contributed by atoms with Crippen molar-refractivity contribution in [2.24, 2.45) is 0 Å². The molecule has 2 aliphatic heterocycles. The molecule has 24 heavy (non-hydrogen) atoms. The average molecular weight is 329 g/mol. The molecule has 2 aliphatic rings. The molecule has 2 saturated heterocycles. The van der Waals surface area contributed by atoms with Crippen molar-refractivity contribution < 1.29 is 4.79 Å². The van der Waals surface area contributed by atoms with Crippen LogP contribution in [0.1, 0.15) is 48.0 Å². The molecule has 0 saturated carbocycles. The minimum absolute atomic E-state index is 0.0639. The van der Waals surface area contributed by atoms with Gasteiger partial charge in [0.15, 0.2) is 0 Å². The van der Waals surface area contributed by atoms with Gasteiger partial charge in [-0.1, -0.05) is 24.1 Å². The highest BCUT2D eigenvalue weighted by Gasteiger charge is 2.39. The summed E-state index contributed by atoms with van der Waals surface area (Å²) in [7, 11) is 2.20. The number of rotatable bonds is 4. The van der Waals surface area contributed by atoms with E-state index < -0.39 is 0 Å². The number of nitrogens with one attached hydrogen (secondary N) is 1. The molecule has 0 aliphatic carbocycles. The molecule has 0 unspecified atom stereocenters. The van der Waals surface area contributed by atoms with Crippen LogP contribution < -0.4 is 5.32 Å². The smallest absolute Gasteiger partial charge is 0.251 e. The van der Waals surface area contributed by atoms with Gasteiger partial charge in [-0.25, -0.2) is 0 Å². The zero-order valence-electron chi connectivity index (χ0n) is 15.2. The van der Waals surface area contributed by atoms with Crippen molar-refractivity contribution in [1.82, 2.24) is 15.1 Å². The van der Waals surface area contributed by atoms with Crippen LogP contribution in [0.2, 0.25) is 0 Å². The maximum atomic E-state index is 12.6. The molecule has 1 aromatic carbocycles. The summed E-state index contributed by atoms with van der Waals surface area (Å²) in [5, 5.41) is 3.25. The summed E-state index contributed by atoms with van der Waals surface area (Å²) in [6.45, 7) is 7.41. The number of hydrogen-bond donors (Lipinski definition) is 1. The topological polar surface area (TPSA) is 35.6 Å². The molecule has 1 aromatic rings. The van der Waals surface area contributed by atoms with Crippen molar-refractivity contribution in [2.45, 2.75) is 44.6 Å². The van der Waals surface area contributed by atoms with Gasteiger partial charge in [0.25, 0.3) is 5.91 Å². The van der Waals surface area contributed by atoms with E-state index in [2.05, 4.69) is 22.2 Å². The Balaban J connectivity index is 1.68. The summed E-state index contributed by atoms with van der Waals surface area (Å²) < 4.78 is 0. The second kappa shape index (κ2) is 7.66. The summed E-state index contributed by atoms with van der Waals surface area (Å²) in [6, 6.07) is 7.87. The molecule has 0 aromatic heterocycles. The number of benzene rings is 1. The second-order valence-corrected chi connectivity index (χ2v) is 7.63. The molecule has 4 heteroatoms. The van der Waals surface area contributed by atoms with Crippen molar-refractivity contribution in [3.63, 3.8) is 0 Å². The van der Waals surface area contributed by atoms with Crippen LogP contribution in [0.4, 0.5) is 0 Å². The Morgan fingerprint density at radius 2 is 1.83 bits per heavy atom. The van der Waals surface area contributed by atoms with Gasteiger partial charge in [-0.05, 0) is 78.0 Å². The number of piperidine rings is 2. The number of carbonyl (C=O) groups is 1. The predicted molar refractivity (Wildman–Crippen MR) is 98.4 cm³/mol. The van der Waals surface area contributed by atoms with Gasteiger partial charge >= 0.3 is 0 Å². The number of carbonyl (C=O) groups excluding carboxylic acids is 1. The van der Waals surface area contributed by atoms with E-state index in [-0.39, 0.29) is 11.4 Å². The van der Waals surface area contributed by atoms with Crippen LogP contribution in [-0.4, -0.2) is 61.0 Å². The monoisotopic (exact) mass is 329 g/mol. The van der Waals surface area contributed by atoms with Crippen LogP contribution >= 0.6 is 0 Å². The Labute approximate surface area is 146 Å². The van der Waals surface area contributed by atoms with E-state index in [4.69, 9.17) is 0 Å². The van der Waals surface area contributed by atoms with Gasteiger partial charge in [0.1, 0.15) is 0 Å². The van der Waals surface area contributed by atoms with Crippen molar-refractivity contribution in [3.05, 3.63) is 35.4 Å². The lowest BCUT2D eigenvalue weighted by atomic mass is 9.84. The number of aryl methyl sites for hydroxylation is 1.